The standard InChI is InChI=1S/C13H18F3N3O2/c1-2-4-10(17)11(20)18-7-8-21-12-9(13(14,15)16)5-3-6-19-12/h3,5-6,10H,2,4,7-8,17H2,1H3,(H,18,20). The molecule has 3 N–H and O–H groups in total. The highest BCUT2D eigenvalue weighted by Gasteiger charge is 2.34. The van der Waals surface area contributed by atoms with Crippen molar-refractivity contribution in [2.75, 3.05) is 13.2 Å². The van der Waals surface area contributed by atoms with E-state index in [0.717, 1.165) is 12.5 Å². The Bertz CT molecular complexity index is 466. The van der Waals surface area contributed by atoms with Crippen LogP contribution in [0.15, 0.2) is 18.3 Å². The molecule has 1 aromatic heterocycles. The monoisotopic (exact) mass is 305 g/mol. The number of nitrogens with one attached hydrogen (secondary N) is 1. The second-order valence-electron chi connectivity index (χ2n) is 4.39. The van der Waals surface area contributed by atoms with E-state index in [1.165, 1.54) is 12.3 Å². The lowest BCUT2D eigenvalue weighted by molar-refractivity contribution is -0.139. The van der Waals surface area contributed by atoms with Crippen molar-refractivity contribution in [3.8, 4) is 5.88 Å². The van der Waals surface area contributed by atoms with Crippen LogP contribution in [0.1, 0.15) is 25.3 Å². The van der Waals surface area contributed by atoms with Gasteiger partial charge in [-0.2, -0.15) is 13.2 Å². The first-order valence-electron chi connectivity index (χ1n) is 6.54. The first-order valence-corrected chi connectivity index (χ1v) is 6.54. The van der Waals surface area contributed by atoms with Crippen molar-refractivity contribution >= 4 is 5.91 Å². The number of rotatable bonds is 7. The van der Waals surface area contributed by atoms with E-state index in [1.54, 1.807) is 0 Å². The number of pyridine rings is 1. The maximum atomic E-state index is 12.7. The van der Waals surface area contributed by atoms with Crippen LogP contribution in [0.5, 0.6) is 5.88 Å². The maximum Gasteiger partial charge on any atom is 0.421 e. The van der Waals surface area contributed by atoms with Crippen LogP contribution in [0, 0.1) is 0 Å². The molecule has 0 aliphatic rings. The van der Waals surface area contributed by atoms with Crippen LogP contribution < -0.4 is 15.8 Å². The Kier molecular flexibility index (Phi) is 6.41. The van der Waals surface area contributed by atoms with Crippen LogP contribution >= 0.6 is 0 Å². The molecule has 1 aromatic rings. The molecule has 0 fully saturated rings. The average molecular weight is 305 g/mol. The molecule has 0 aliphatic carbocycles. The highest BCUT2D eigenvalue weighted by Crippen LogP contribution is 2.34. The second kappa shape index (κ2) is 7.82. The molecule has 1 heterocycles. The number of hydrogen-bond acceptors (Lipinski definition) is 4. The molecule has 0 radical (unpaired) electrons. The van der Waals surface area contributed by atoms with Crippen molar-refractivity contribution < 1.29 is 22.7 Å². The minimum Gasteiger partial charge on any atom is -0.475 e. The van der Waals surface area contributed by atoms with Crippen molar-refractivity contribution in [2.45, 2.75) is 32.0 Å². The molecule has 0 saturated heterocycles. The lowest BCUT2D eigenvalue weighted by Crippen LogP contribution is -2.41. The lowest BCUT2D eigenvalue weighted by atomic mass is 10.2. The summed E-state index contributed by atoms with van der Waals surface area (Å²) < 4.78 is 43.0. The molecular weight excluding hydrogens is 287 g/mol. The van der Waals surface area contributed by atoms with Gasteiger partial charge in [0.25, 0.3) is 0 Å². The molecule has 0 aliphatic heterocycles. The number of amides is 1. The summed E-state index contributed by atoms with van der Waals surface area (Å²) in [6.45, 7) is 1.84. The zero-order valence-corrected chi connectivity index (χ0v) is 11.6. The van der Waals surface area contributed by atoms with Gasteiger partial charge in [-0.05, 0) is 18.6 Å². The van der Waals surface area contributed by atoms with Crippen molar-refractivity contribution in [1.82, 2.24) is 10.3 Å². The summed E-state index contributed by atoms with van der Waals surface area (Å²) in [5.74, 6) is -0.852. The molecule has 1 unspecified atom stereocenters. The normalized spacial score (nSPS) is 12.8. The third kappa shape index (κ3) is 5.58. The van der Waals surface area contributed by atoms with Gasteiger partial charge in [-0.3, -0.25) is 4.79 Å². The van der Waals surface area contributed by atoms with Gasteiger partial charge in [-0.1, -0.05) is 13.3 Å². The van der Waals surface area contributed by atoms with Gasteiger partial charge in [0.1, 0.15) is 12.2 Å². The number of halogens is 3. The fourth-order valence-electron chi connectivity index (χ4n) is 1.62. The molecule has 0 aromatic carbocycles. The predicted octanol–water partition coefficient (Wildman–Crippen LogP) is 1.72. The van der Waals surface area contributed by atoms with Crippen molar-refractivity contribution in [1.29, 1.82) is 0 Å². The van der Waals surface area contributed by atoms with E-state index >= 15 is 0 Å². The molecule has 0 spiro atoms. The van der Waals surface area contributed by atoms with Crippen molar-refractivity contribution in [2.24, 2.45) is 5.73 Å². The zero-order valence-electron chi connectivity index (χ0n) is 11.6. The van der Waals surface area contributed by atoms with E-state index in [1.807, 2.05) is 6.92 Å². The predicted molar refractivity (Wildman–Crippen MR) is 70.6 cm³/mol. The summed E-state index contributed by atoms with van der Waals surface area (Å²) in [5.41, 5.74) is 4.64. The molecule has 0 saturated carbocycles. The topological polar surface area (TPSA) is 77.2 Å². The number of alkyl halides is 3. The van der Waals surface area contributed by atoms with Crippen LogP contribution in [0.25, 0.3) is 0 Å². The van der Waals surface area contributed by atoms with Crippen LogP contribution in [0.4, 0.5) is 13.2 Å². The third-order valence-electron chi connectivity index (χ3n) is 2.65. The Morgan fingerprint density at radius 3 is 2.86 bits per heavy atom. The Balaban J connectivity index is 2.45. The van der Waals surface area contributed by atoms with Gasteiger partial charge >= 0.3 is 6.18 Å². The Morgan fingerprint density at radius 1 is 1.52 bits per heavy atom. The van der Waals surface area contributed by atoms with Gasteiger partial charge in [0.2, 0.25) is 11.8 Å². The summed E-state index contributed by atoms with van der Waals surface area (Å²) in [5, 5.41) is 2.50. The molecule has 8 heteroatoms. The molecular formula is C13H18F3N3O2. The van der Waals surface area contributed by atoms with Crippen LogP contribution in [0.3, 0.4) is 0 Å². The van der Waals surface area contributed by atoms with Crippen LogP contribution in [-0.2, 0) is 11.0 Å². The number of nitrogens with two attached hydrogens (primary N) is 1. The van der Waals surface area contributed by atoms with Gasteiger partial charge in [0.15, 0.2) is 0 Å². The number of carbonyl (C=O) groups excluding carboxylic acids is 1. The summed E-state index contributed by atoms with van der Waals surface area (Å²) >= 11 is 0. The third-order valence-corrected chi connectivity index (χ3v) is 2.65. The van der Waals surface area contributed by atoms with Gasteiger partial charge in [0, 0.05) is 6.20 Å². The summed E-state index contributed by atoms with van der Waals surface area (Å²) in [6, 6.07) is 1.45. The summed E-state index contributed by atoms with van der Waals surface area (Å²) in [6.07, 6.45) is -2.00. The lowest BCUT2D eigenvalue weighted by Gasteiger charge is -2.14. The van der Waals surface area contributed by atoms with E-state index in [-0.39, 0.29) is 19.1 Å². The number of ether oxygens (including phenoxy) is 1. The minimum atomic E-state index is -4.53. The van der Waals surface area contributed by atoms with Gasteiger partial charge in [-0.25, -0.2) is 4.98 Å². The highest BCUT2D eigenvalue weighted by atomic mass is 19.4. The maximum absolute atomic E-state index is 12.7. The van der Waals surface area contributed by atoms with Crippen molar-refractivity contribution in [3.05, 3.63) is 23.9 Å². The largest absolute Gasteiger partial charge is 0.475 e. The second-order valence-corrected chi connectivity index (χ2v) is 4.39. The van der Waals surface area contributed by atoms with Crippen LogP contribution in [-0.4, -0.2) is 30.1 Å². The van der Waals surface area contributed by atoms with Crippen LogP contribution in [0.2, 0.25) is 0 Å². The Morgan fingerprint density at radius 2 is 2.24 bits per heavy atom. The summed E-state index contributed by atoms with van der Waals surface area (Å²) in [4.78, 5) is 15.0. The fourth-order valence-corrected chi connectivity index (χ4v) is 1.62. The molecule has 21 heavy (non-hydrogen) atoms. The van der Waals surface area contributed by atoms with E-state index in [9.17, 15) is 18.0 Å². The van der Waals surface area contributed by atoms with E-state index in [0.29, 0.717) is 6.42 Å². The van der Waals surface area contributed by atoms with E-state index < -0.39 is 23.7 Å². The number of aromatic nitrogens is 1. The van der Waals surface area contributed by atoms with E-state index in [2.05, 4.69) is 10.3 Å². The van der Waals surface area contributed by atoms with Gasteiger partial charge in [0.05, 0.1) is 12.6 Å². The molecule has 1 amide bonds. The first-order chi connectivity index (χ1) is 9.86. The Hall–Kier alpha value is -1.83. The molecule has 118 valence electrons. The minimum absolute atomic E-state index is 0.0596. The van der Waals surface area contributed by atoms with E-state index in [4.69, 9.17) is 10.5 Å². The molecule has 5 nitrogen and oxygen atoms in total. The number of nitrogens with zero attached hydrogens (tertiary/aromatic N) is 1. The smallest absolute Gasteiger partial charge is 0.421 e. The highest BCUT2D eigenvalue weighted by molar-refractivity contribution is 5.81. The average Bonchev–Trinajstić information content (AvgIpc) is 2.43. The van der Waals surface area contributed by atoms with Gasteiger partial charge < -0.3 is 15.8 Å². The quantitative estimate of drug-likeness (QED) is 0.752. The number of hydrogen-bond donors (Lipinski definition) is 2. The first kappa shape index (κ1) is 17.2. The Labute approximate surface area is 120 Å². The number of carbonyl (C=O) groups is 1. The van der Waals surface area contributed by atoms with Gasteiger partial charge in [-0.15, -0.1) is 0 Å². The van der Waals surface area contributed by atoms with Crippen molar-refractivity contribution in [3.63, 3.8) is 0 Å². The fraction of sp³-hybridized carbons (Fsp3) is 0.538. The zero-order chi connectivity index (χ0) is 15.9. The summed E-state index contributed by atoms with van der Waals surface area (Å²) in [7, 11) is 0. The SMILES string of the molecule is CCCC(N)C(=O)NCCOc1ncccc1C(F)(F)F. The molecule has 0 bridgehead atoms. The molecule has 1 rings (SSSR count). The molecule has 1 atom stereocenters.